The average molecular weight is 458 g/mol. The molecule has 2 aromatic carbocycles. The van der Waals surface area contributed by atoms with Crippen molar-refractivity contribution in [2.45, 2.75) is 24.0 Å². The zero-order chi connectivity index (χ0) is 22.7. The van der Waals surface area contributed by atoms with Crippen LogP contribution in [0.25, 0.3) is 10.9 Å². The molecule has 0 unspecified atom stereocenters. The SMILES string of the molecule is COc1ccc(Cn2c(SCc3nccn3C(F)F)nc3ccccc3c2=O)cc1OC. The molecule has 10 heteroatoms. The van der Waals surface area contributed by atoms with Crippen LogP contribution in [-0.4, -0.2) is 33.3 Å². The molecule has 166 valence electrons. The quantitative estimate of drug-likeness (QED) is 0.289. The maximum atomic E-state index is 13.3. The van der Waals surface area contributed by atoms with Crippen LogP contribution in [0, 0.1) is 0 Å². The Balaban J connectivity index is 1.74. The molecule has 0 amide bonds. The number of para-hydroxylation sites is 1. The first-order valence-corrected chi connectivity index (χ1v) is 10.6. The molecule has 4 rings (SSSR count). The van der Waals surface area contributed by atoms with E-state index in [9.17, 15) is 13.6 Å². The van der Waals surface area contributed by atoms with Gasteiger partial charge in [-0.15, -0.1) is 0 Å². The van der Waals surface area contributed by atoms with Gasteiger partial charge in [-0.2, -0.15) is 8.78 Å². The molecule has 0 spiro atoms. The van der Waals surface area contributed by atoms with E-state index in [-0.39, 0.29) is 23.7 Å². The summed E-state index contributed by atoms with van der Waals surface area (Å²) < 4.78 is 39.3. The van der Waals surface area contributed by atoms with Crippen LogP contribution in [0.5, 0.6) is 11.5 Å². The second-order valence-electron chi connectivity index (χ2n) is 6.81. The van der Waals surface area contributed by atoms with Crippen LogP contribution >= 0.6 is 11.8 Å². The normalized spacial score (nSPS) is 11.3. The van der Waals surface area contributed by atoms with E-state index >= 15 is 0 Å². The lowest BCUT2D eigenvalue weighted by atomic mass is 10.2. The van der Waals surface area contributed by atoms with E-state index in [1.165, 1.54) is 35.8 Å². The molecule has 0 aliphatic carbocycles. The average Bonchev–Trinajstić information content (AvgIpc) is 3.28. The predicted octanol–water partition coefficient (Wildman–Crippen LogP) is 4.35. The molecule has 7 nitrogen and oxygen atoms in total. The number of fused-ring (bicyclic) bond motifs is 1. The summed E-state index contributed by atoms with van der Waals surface area (Å²) in [6.07, 6.45) is 2.55. The number of aromatic nitrogens is 4. The maximum absolute atomic E-state index is 13.3. The van der Waals surface area contributed by atoms with Gasteiger partial charge in [0, 0.05) is 12.4 Å². The van der Waals surface area contributed by atoms with Gasteiger partial charge < -0.3 is 9.47 Å². The van der Waals surface area contributed by atoms with Gasteiger partial charge in [0.15, 0.2) is 16.7 Å². The Bertz CT molecular complexity index is 1310. The summed E-state index contributed by atoms with van der Waals surface area (Å²) in [5.41, 5.74) is 1.13. The minimum atomic E-state index is -2.69. The van der Waals surface area contributed by atoms with Crippen molar-refractivity contribution in [1.29, 1.82) is 0 Å². The van der Waals surface area contributed by atoms with Crippen molar-refractivity contribution < 1.29 is 18.3 Å². The molecule has 0 aliphatic rings. The van der Waals surface area contributed by atoms with Gasteiger partial charge >= 0.3 is 6.55 Å². The Morgan fingerprint density at radius 1 is 1.09 bits per heavy atom. The van der Waals surface area contributed by atoms with Crippen molar-refractivity contribution in [2.24, 2.45) is 0 Å². The smallest absolute Gasteiger partial charge is 0.319 e. The Kier molecular flexibility index (Phi) is 6.40. The highest BCUT2D eigenvalue weighted by atomic mass is 32.2. The number of alkyl halides is 2. The monoisotopic (exact) mass is 458 g/mol. The zero-order valence-corrected chi connectivity index (χ0v) is 18.2. The fraction of sp³-hybridized carbons (Fsp3) is 0.227. The number of methoxy groups -OCH3 is 2. The second kappa shape index (κ2) is 9.39. The fourth-order valence-corrected chi connectivity index (χ4v) is 4.27. The first-order valence-electron chi connectivity index (χ1n) is 9.65. The largest absolute Gasteiger partial charge is 0.493 e. The van der Waals surface area contributed by atoms with Crippen LogP contribution in [0.4, 0.5) is 8.78 Å². The molecule has 0 atom stereocenters. The highest BCUT2D eigenvalue weighted by Gasteiger charge is 2.16. The van der Waals surface area contributed by atoms with Gasteiger partial charge in [-0.1, -0.05) is 30.0 Å². The van der Waals surface area contributed by atoms with Gasteiger partial charge in [0.05, 0.1) is 37.4 Å². The number of hydrogen-bond acceptors (Lipinski definition) is 6. The summed E-state index contributed by atoms with van der Waals surface area (Å²) in [4.78, 5) is 21.9. The minimum absolute atomic E-state index is 0.133. The molecular formula is C22H20F2N4O3S. The molecule has 0 saturated heterocycles. The number of rotatable bonds is 8. The Hall–Kier alpha value is -3.40. The maximum Gasteiger partial charge on any atom is 0.319 e. The highest BCUT2D eigenvalue weighted by Crippen LogP contribution is 2.29. The van der Waals surface area contributed by atoms with Gasteiger partial charge in [-0.25, -0.2) is 9.97 Å². The second-order valence-corrected chi connectivity index (χ2v) is 7.75. The minimum Gasteiger partial charge on any atom is -0.493 e. The Labute approximate surface area is 186 Å². The van der Waals surface area contributed by atoms with Crippen molar-refractivity contribution in [3.05, 3.63) is 76.6 Å². The molecule has 2 aromatic heterocycles. The van der Waals surface area contributed by atoms with E-state index < -0.39 is 6.55 Å². The van der Waals surface area contributed by atoms with Crippen LogP contribution in [0.15, 0.2) is 64.8 Å². The topological polar surface area (TPSA) is 71.2 Å². The summed E-state index contributed by atoms with van der Waals surface area (Å²) in [7, 11) is 3.09. The molecule has 2 heterocycles. The third-order valence-electron chi connectivity index (χ3n) is 4.90. The number of thioether (sulfide) groups is 1. The highest BCUT2D eigenvalue weighted by molar-refractivity contribution is 7.98. The number of imidazole rings is 1. The van der Waals surface area contributed by atoms with Crippen LogP contribution < -0.4 is 15.0 Å². The van der Waals surface area contributed by atoms with Gasteiger partial charge in [-0.05, 0) is 29.8 Å². The molecule has 0 fully saturated rings. The van der Waals surface area contributed by atoms with E-state index in [2.05, 4.69) is 9.97 Å². The van der Waals surface area contributed by atoms with Gasteiger partial charge in [0.2, 0.25) is 0 Å². The molecule has 0 N–H and O–H groups in total. The van der Waals surface area contributed by atoms with Crippen LogP contribution in [0.1, 0.15) is 17.9 Å². The third-order valence-corrected chi connectivity index (χ3v) is 5.88. The van der Waals surface area contributed by atoms with E-state index in [4.69, 9.17) is 9.47 Å². The van der Waals surface area contributed by atoms with Crippen molar-refractivity contribution in [2.75, 3.05) is 14.2 Å². The Morgan fingerprint density at radius 2 is 1.88 bits per heavy atom. The van der Waals surface area contributed by atoms with Crippen LogP contribution in [-0.2, 0) is 12.3 Å². The van der Waals surface area contributed by atoms with E-state index in [0.29, 0.717) is 27.6 Å². The molecule has 0 aliphatic heterocycles. The summed E-state index contributed by atoms with van der Waals surface area (Å²) in [5.74, 6) is 1.45. The third kappa shape index (κ3) is 4.31. The molecule has 4 aromatic rings. The van der Waals surface area contributed by atoms with Crippen molar-refractivity contribution in [3.63, 3.8) is 0 Å². The van der Waals surface area contributed by atoms with Crippen molar-refractivity contribution in [3.8, 4) is 11.5 Å². The summed E-state index contributed by atoms with van der Waals surface area (Å²) >= 11 is 1.18. The summed E-state index contributed by atoms with van der Waals surface area (Å²) in [6, 6.07) is 12.4. The lowest BCUT2D eigenvalue weighted by molar-refractivity contribution is 0.0678. The number of nitrogens with zero attached hydrogens (tertiary/aromatic N) is 4. The van der Waals surface area contributed by atoms with Gasteiger partial charge in [-0.3, -0.25) is 13.9 Å². The first kappa shape index (κ1) is 21.8. The number of ether oxygens (including phenoxy) is 2. The fourth-order valence-electron chi connectivity index (χ4n) is 3.32. The molecular weight excluding hydrogens is 438 g/mol. The Morgan fingerprint density at radius 3 is 2.62 bits per heavy atom. The van der Waals surface area contributed by atoms with Crippen molar-refractivity contribution in [1.82, 2.24) is 19.1 Å². The number of hydrogen-bond donors (Lipinski definition) is 0. The molecule has 32 heavy (non-hydrogen) atoms. The lowest BCUT2D eigenvalue weighted by Crippen LogP contribution is -2.24. The first-order chi connectivity index (χ1) is 15.5. The van der Waals surface area contributed by atoms with Gasteiger partial charge in [0.1, 0.15) is 5.82 Å². The van der Waals surface area contributed by atoms with Crippen LogP contribution in [0.2, 0.25) is 0 Å². The van der Waals surface area contributed by atoms with Crippen molar-refractivity contribution >= 4 is 22.7 Å². The predicted molar refractivity (Wildman–Crippen MR) is 118 cm³/mol. The number of halogens is 2. The molecule has 0 saturated carbocycles. The lowest BCUT2D eigenvalue weighted by Gasteiger charge is -2.15. The van der Waals surface area contributed by atoms with E-state index in [1.807, 2.05) is 6.07 Å². The molecule has 0 bridgehead atoms. The number of benzene rings is 2. The van der Waals surface area contributed by atoms with Gasteiger partial charge in [0.25, 0.3) is 5.56 Å². The standard InChI is InChI=1S/C22H20F2N4O3S/c1-30-17-8-7-14(11-18(17)31-2)12-28-20(29)15-5-3-4-6-16(15)26-22(28)32-13-19-25-9-10-27(19)21(23)24/h3-11,21H,12-13H2,1-2H3. The molecule has 0 radical (unpaired) electrons. The zero-order valence-electron chi connectivity index (χ0n) is 17.4. The summed E-state index contributed by atoms with van der Waals surface area (Å²) in [6.45, 7) is -2.46. The van der Waals surface area contributed by atoms with Crippen LogP contribution in [0.3, 0.4) is 0 Å². The van der Waals surface area contributed by atoms with E-state index in [0.717, 1.165) is 10.1 Å². The summed E-state index contributed by atoms with van der Waals surface area (Å²) in [5, 5.41) is 0.888. The van der Waals surface area contributed by atoms with E-state index in [1.54, 1.807) is 43.5 Å².